The van der Waals surface area contributed by atoms with E-state index in [1.807, 2.05) is 6.92 Å². The molecule has 0 spiro atoms. The lowest BCUT2D eigenvalue weighted by atomic mass is 10.2. The van der Waals surface area contributed by atoms with Crippen molar-refractivity contribution in [3.63, 3.8) is 0 Å². The molecule has 1 unspecified atom stereocenters. The first-order valence-corrected chi connectivity index (χ1v) is 4.04. The van der Waals surface area contributed by atoms with Gasteiger partial charge in [-0.3, -0.25) is 4.79 Å². The zero-order valence-electron chi connectivity index (χ0n) is 7.55. The van der Waals surface area contributed by atoms with E-state index in [1.54, 1.807) is 0 Å². The minimum atomic E-state index is -0.242. The molecule has 0 radical (unpaired) electrons. The number of amides is 1. The van der Waals surface area contributed by atoms with Gasteiger partial charge in [-0.1, -0.05) is 13.8 Å². The van der Waals surface area contributed by atoms with E-state index in [4.69, 9.17) is 5.73 Å². The van der Waals surface area contributed by atoms with Crippen molar-refractivity contribution in [2.24, 2.45) is 11.7 Å². The molecule has 0 fully saturated rings. The largest absolute Gasteiger partial charge is 0.370 e. The number of rotatable bonds is 5. The summed E-state index contributed by atoms with van der Waals surface area (Å²) in [5.41, 5.74) is 5.02. The molecule has 1 atom stereocenters. The lowest BCUT2D eigenvalue weighted by Gasteiger charge is -2.13. The molecule has 3 heteroatoms. The van der Waals surface area contributed by atoms with Crippen molar-refractivity contribution in [3.05, 3.63) is 0 Å². The van der Waals surface area contributed by atoms with Gasteiger partial charge in [-0.15, -0.1) is 0 Å². The summed E-state index contributed by atoms with van der Waals surface area (Å²) in [6.07, 6.45) is 0.423. The predicted molar refractivity (Wildman–Crippen MR) is 46.1 cm³/mol. The summed E-state index contributed by atoms with van der Waals surface area (Å²) in [6, 6.07) is 0.204. The molecule has 3 nitrogen and oxygen atoms in total. The lowest BCUT2D eigenvalue weighted by molar-refractivity contribution is -0.118. The van der Waals surface area contributed by atoms with Crippen LogP contribution in [-0.2, 0) is 4.79 Å². The first-order chi connectivity index (χ1) is 5.02. The fourth-order valence-electron chi connectivity index (χ4n) is 0.811. The average Bonchev–Trinajstić information content (AvgIpc) is 1.82. The number of nitrogens with one attached hydrogen (secondary N) is 1. The second kappa shape index (κ2) is 5.13. The minimum Gasteiger partial charge on any atom is -0.370 e. The topological polar surface area (TPSA) is 55.1 Å². The average molecular weight is 158 g/mol. The Morgan fingerprint density at radius 3 is 2.36 bits per heavy atom. The molecular weight excluding hydrogens is 140 g/mol. The molecule has 0 aromatic carbocycles. The van der Waals surface area contributed by atoms with Gasteiger partial charge in [-0.2, -0.15) is 0 Å². The van der Waals surface area contributed by atoms with Gasteiger partial charge >= 0.3 is 0 Å². The molecule has 0 aliphatic carbocycles. The van der Waals surface area contributed by atoms with Gasteiger partial charge in [-0.25, -0.2) is 0 Å². The van der Waals surface area contributed by atoms with Crippen molar-refractivity contribution in [3.8, 4) is 0 Å². The molecule has 0 aliphatic heterocycles. The van der Waals surface area contributed by atoms with E-state index < -0.39 is 0 Å². The van der Waals surface area contributed by atoms with Crippen LogP contribution in [0.4, 0.5) is 0 Å². The summed E-state index contributed by atoms with van der Waals surface area (Å²) in [5, 5.41) is 3.21. The Hall–Kier alpha value is -0.570. The number of hydrogen-bond acceptors (Lipinski definition) is 2. The molecule has 11 heavy (non-hydrogen) atoms. The van der Waals surface area contributed by atoms with Crippen LogP contribution in [0.1, 0.15) is 27.2 Å². The van der Waals surface area contributed by atoms with Crippen molar-refractivity contribution < 1.29 is 4.79 Å². The molecule has 1 amide bonds. The monoisotopic (exact) mass is 158 g/mol. The van der Waals surface area contributed by atoms with Gasteiger partial charge in [0.15, 0.2) is 0 Å². The van der Waals surface area contributed by atoms with Crippen LogP contribution in [0.25, 0.3) is 0 Å². The van der Waals surface area contributed by atoms with E-state index >= 15 is 0 Å². The summed E-state index contributed by atoms with van der Waals surface area (Å²) in [7, 11) is 0. The Morgan fingerprint density at radius 2 is 2.00 bits per heavy atom. The van der Waals surface area contributed by atoms with Gasteiger partial charge < -0.3 is 11.1 Å². The molecule has 0 rings (SSSR count). The summed E-state index contributed by atoms with van der Waals surface area (Å²) in [5.74, 6) is 0.374. The van der Waals surface area contributed by atoms with Crippen LogP contribution in [0.5, 0.6) is 0 Å². The molecule has 0 aliphatic rings. The van der Waals surface area contributed by atoms with Crippen molar-refractivity contribution in [1.82, 2.24) is 5.32 Å². The van der Waals surface area contributed by atoms with E-state index in [9.17, 15) is 4.79 Å². The van der Waals surface area contributed by atoms with Gasteiger partial charge in [0, 0.05) is 12.5 Å². The zero-order chi connectivity index (χ0) is 8.85. The predicted octanol–water partition coefficient (Wildman–Crippen LogP) is 0.496. The number of hydrogen-bond donors (Lipinski definition) is 2. The molecule has 0 saturated heterocycles. The molecule has 3 N–H and O–H groups in total. The fraction of sp³-hybridized carbons (Fsp3) is 0.875. The van der Waals surface area contributed by atoms with E-state index in [1.165, 1.54) is 0 Å². The van der Waals surface area contributed by atoms with Gasteiger partial charge in [-0.05, 0) is 19.4 Å². The van der Waals surface area contributed by atoms with Gasteiger partial charge in [0.25, 0.3) is 0 Å². The third-order valence-corrected chi connectivity index (χ3v) is 1.38. The quantitative estimate of drug-likeness (QED) is 0.612. The number of primary amides is 1. The Balaban J connectivity index is 3.37. The van der Waals surface area contributed by atoms with Crippen molar-refractivity contribution in [2.45, 2.75) is 33.2 Å². The first-order valence-electron chi connectivity index (χ1n) is 4.04. The Bertz CT molecular complexity index is 123. The van der Waals surface area contributed by atoms with Crippen LogP contribution in [0.2, 0.25) is 0 Å². The highest BCUT2D eigenvalue weighted by molar-refractivity contribution is 5.74. The highest BCUT2D eigenvalue weighted by Crippen LogP contribution is 1.92. The summed E-state index contributed by atoms with van der Waals surface area (Å²) >= 11 is 0. The SMILES string of the molecule is CC(C)CNC(C)CC(N)=O. The summed E-state index contributed by atoms with van der Waals surface area (Å²) < 4.78 is 0. The van der Waals surface area contributed by atoms with Crippen LogP contribution in [0, 0.1) is 5.92 Å². The molecule has 0 saturated carbocycles. The van der Waals surface area contributed by atoms with Crippen molar-refractivity contribution >= 4 is 5.91 Å². The van der Waals surface area contributed by atoms with Crippen molar-refractivity contribution in [2.75, 3.05) is 6.54 Å². The maximum atomic E-state index is 10.4. The number of nitrogens with two attached hydrogens (primary N) is 1. The zero-order valence-corrected chi connectivity index (χ0v) is 7.55. The van der Waals surface area contributed by atoms with Gasteiger partial charge in [0.2, 0.25) is 5.91 Å². The van der Waals surface area contributed by atoms with E-state index in [0.29, 0.717) is 12.3 Å². The third kappa shape index (κ3) is 7.33. The molecule has 0 heterocycles. The van der Waals surface area contributed by atoms with Crippen LogP contribution < -0.4 is 11.1 Å². The maximum Gasteiger partial charge on any atom is 0.218 e. The van der Waals surface area contributed by atoms with Gasteiger partial charge in [0.1, 0.15) is 0 Å². The van der Waals surface area contributed by atoms with E-state index in [-0.39, 0.29) is 11.9 Å². The molecule has 66 valence electrons. The van der Waals surface area contributed by atoms with E-state index in [0.717, 1.165) is 6.54 Å². The Morgan fingerprint density at radius 1 is 1.45 bits per heavy atom. The number of carbonyl (C=O) groups excluding carboxylic acids is 1. The van der Waals surface area contributed by atoms with Crippen LogP contribution in [0.3, 0.4) is 0 Å². The standard InChI is InChI=1S/C8H18N2O/c1-6(2)5-10-7(3)4-8(9)11/h6-7,10H,4-5H2,1-3H3,(H2,9,11). The van der Waals surface area contributed by atoms with Crippen LogP contribution in [0.15, 0.2) is 0 Å². The molecule has 0 aromatic rings. The maximum absolute atomic E-state index is 10.4. The first kappa shape index (κ1) is 10.4. The summed E-state index contributed by atoms with van der Waals surface area (Å²) in [6.45, 7) is 7.16. The highest BCUT2D eigenvalue weighted by atomic mass is 16.1. The highest BCUT2D eigenvalue weighted by Gasteiger charge is 2.04. The third-order valence-electron chi connectivity index (χ3n) is 1.38. The summed E-state index contributed by atoms with van der Waals surface area (Å²) in [4.78, 5) is 10.4. The molecule has 0 bridgehead atoms. The lowest BCUT2D eigenvalue weighted by Crippen LogP contribution is -2.33. The molecule has 0 aromatic heterocycles. The smallest absolute Gasteiger partial charge is 0.218 e. The fourth-order valence-corrected chi connectivity index (χ4v) is 0.811. The van der Waals surface area contributed by atoms with Crippen LogP contribution >= 0.6 is 0 Å². The Kier molecular flexibility index (Phi) is 4.86. The molecular formula is C8H18N2O. The number of carbonyl (C=O) groups is 1. The Labute approximate surface area is 68.3 Å². The van der Waals surface area contributed by atoms with Gasteiger partial charge in [0.05, 0.1) is 0 Å². The second-order valence-electron chi connectivity index (χ2n) is 3.37. The van der Waals surface area contributed by atoms with E-state index in [2.05, 4.69) is 19.2 Å². The minimum absolute atomic E-state index is 0.204. The second-order valence-corrected chi connectivity index (χ2v) is 3.37. The van der Waals surface area contributed by atoms with Crippen LogP contribution in [-0.4, -0.2) is 18.5 Å². The normalized spacial score (nSPS) is 13.5. The van der Waals surface area contributed by atoms with Crippen molar-refractivity contribution in [1.29, 1.82) is 0 Å².